The second-order valence-electron chi connectivity index (χ2n) is 4.36. The van der Waals surface area contributed by atoms with Gasteiger partial charge in [0, 0.05) is 13.1 Å². The summed E-state index contributed by atoms with van der Waals surface area (Å²) < 4.78 is 32.5. The van der Waals surface area contributed by atoms with Gasteiger partial charge in [-0.05, 0) is 36.2 Å². The van der Waals surface area contributed by atoms with Crippen molar-refractivity contribution in [2.24, 2.45) is 0 Å². The normalized spacial score (nSPS) is 11.5. The molecule has 0 aliphatic carbocycles. The van der Waals surface area contributed by atoms with E-state index in [-0.39, 0.29) is 13.2 Å². The lowest BCUT2D eigenvalue weighted by molar-refractivity contribution is 0.323. The number of ether oxygens (including phenoxy) is 1. The molecule has 0 radical (unpaired) electrons. The fourth-order valence-electron chi connectivity index (χ4n) is 1.72. The zero-order valence-corrected chi connectivity index (χ0v) is 13.3. The Labute approximate surface area is 129 Å². The lowest BCUT2D eigenvalue weighted by Crippen LogP contribution is -2.27. The summed E-state index contributed by atoms with van der Waals surface area (Å²) in [4.78, 5) is 0. The first-order valence-electron chi connectivity index (χ1n) is 6.51. The van der Waals surface area contributed by atoms with Crippen molar-refractivity contribution in [1.82, 2.24) is 10.0 Å². The smallest absolute Gasteiger partial charge is 0.250 e. The fourth-order valence-corrected chi connectivity index (χ4v) is 3.99. The van der Waals surface area contributed by atoms with Gasteiger partial charge in [-0.1, -0.05) is 18.2 Å². The second kappa shape index (κ2) is 7.56. The van der Waals surface area contributed by atoms with Crippen molar-refractivity contribution in [3.05, 3.63) is 47.3 Å². The first-order chi connectivity index (χ1) is 10.1. The van der Waals surface area contributed by atoms with Crippen molar-refractivity contribution in [3.63, 3.8) is 0 Å². The van der Waals surface area contributed by atoms with Crippen LogP contribution >= 0.6 is 11.3 Å². The number of nitrogens with one attached hydrogen (secondary N) is 2. The van der Waals surface area contributed by atoms with Gasteiger partial charge in [0.15, 0.2) is 0 Å². The Morgan fingerprint density at radius 1 is 1.24 bits per heavy atom. The number of benzene rings is 1. The Balaban J connectivity index is 1.83. The molecule has 7 heteroatoms. The molecule has 114 valence electrons. The van der Waals surface area contributed by atoms with Crippen molar-refractivity contribution in [1.29, 1.82) is 0 Å². The third-order valence-corrected chi connectivity index (χ3v) is 5.63. The molecule has 2 N–H and O–H groups in total. The van der Waals surface area contributed by atoms with Crippen molar-refractivity contribution in [3.8, 4) is 5.75 Å². The van der Waals surface area contributed by atoms with E-state index in [1.54, 1.807) is 6.07 Å². The molecule has 0 aliphatic rings. The highest BCUT2D eigenvalue weighted by Gasteiger charge is 2.16. The molecule has 0 unspecified atom stereocenters. The summed E-state index contributed by atoms with van der Waals surface area (Å²) in [6.45, 7) is 1.18. The maximum atomic E-state index is 12.1. The fraction of sp³-hybridized carbons (Fsp3) is 0.286. The van der Waals surface area contributed by atoms with Crippen molar-refractivity contribution in [2.45, 2.75) is 10.8 Å². The first-order valence-corrected chi connectivity index (χ1v) is 8.87. The number of para-hydroxylation sites is 1. The molecule has 21 heavy (non-hydrogen) atoms. The molecular weight excluding hydrogens is 308 g/mol. The lowest BCUT2D eigenvalue weighted by Gasteiger charge is -2.07. The molecule has 0 bridgehead atoms. The van der Waals surface area contributed by atoms with Gasteiger partial charge in [-0.25, -0.2) is 13.1 Å². The summed E-state index contributed by atoms with van der Waals surface area (Å²) >= 11 is 1.22. The molecule has 0 saturated carbocycles. The van der Waals surface area contributed by atoms with Gasteiger partial charge in [0.1, 0.15) is 16.6 Å². The molecule has 1 aromatic carbocycles. The number of rotatable bonds is 8. The van der Waals surface area contributed by atoms with E-state index in [9.17, 15) is 8.42 Å². The maximum absolute atomic E-state index is 12.1. The monoisotopic (exact) mass is 326 g/mol. The van der Waals surface area contributed by atoms with E-state index in [0.29, 0.717) is 10.8 Å². The Bertz CT molecular complexity index is 654. The highest BCUT2D eigenvalue weighted by molar-refractivity contribution is 7.91. The average molecular weight is 326 g/mol. The summed E-state index contributed by atoms with van der Waals surface area (Å²) in [6.07, 6.45) is 0. The Kier molecular flexibility index (Phi) is 5.75. The zero-order valence-electron chi connectivity index (χ0n) is 11.7. The van der Waals surface area contributed by atoms with Gasteiger partial charge in [-0.3, -0.25) is 0 Å². The number of thiophene rings is 1. The quantitative estimate of drug-likeness (QED) is 0.726. The van der Waals surface area contributed by atoms with Crippen LogP contribution in [0.15, 0.2) is 46.0 Å². The van der Waals surface area contributed by atoms with Crippen molar-refractivity contribution < 1.29 is 13.2 Å². The second-order valence-corrected chi connectivity index (χ2v) is 7.27. The van der Waals surface area contributed by atoms with Gasteiger partial charge in [0.2, 0.25) is 10.0 Å². The molecule has 1 heterocycles. The van der Waals surface area contributed by atoms with E-state index in [1.807, 2.05) is 42.8 Å². The van der Waals surface area contributed by atoms with Crippen LogP contribution in [0.25, 0.3) is 0 Å². The minimum absolute atomic E-state index is 0.233. The van der Waals surface area contributed by atoms with E-state index in [1.165, 1.54) is 11.3 Å². The summed E-state index contributed by atoms with van der Waals surface area (Å²) in [6, 6.07) is 11.0. The molecule has 5 nitrogen and oxygen atoms in total. The number of sulfonamides is 1. The van der Waals surface area contributed by atoms with E-state index in [4.69, 9.17) is 4.74 Å². The molecule has 0 fully saturated rings. The Hall–Kier alpha value is -1.41. The van der Waals surface area contributed by atoms with Gasteiger partial charge in [-0.2, -0.15) is 0 Å². The Morgan fingerprint density at radius 3 is 2.71 bits per heavy atom. The van der Waals surface area contributed by atoms with Gasteiger partial charge >= 0.3 is 0 Å². The van der Waals surface area contributed by atoms with E-state index >= 15 is 0 Å². The summed E-state index contributed by atoms with van der Waals surface area (Å²) in [5.41, 5.74) is 0.961. The van der Waals surface area contributed by atoms with Gasteiger partial charge in [0.25, 0.3) is 0 Å². The molecule has 0 aliphatic heterocycles. The minimum atomic E-state index is -3.45. The molecule has 0 amide bonds. The van der Waals surface area contributed by atoms with Crippen molar-refractivity contribution >= 4 is 21.4 Å². The average Bonchev–Trinajstić information content (AvgIpc) is 2.95. The molecule has 2 rings (SSSR count). The molecule has 0 spiro atoms. The number of hydrogen-bond acceptors (Lipinski definition) is 5. The third-order valence-electron chi connectivity index (χ3n) is 2.68. The summed E-state index contributed by atoms with van der Waals surface area (Å²) in [5.74, 6) is 0.726. The van der Waals surface area contributed by atoms with Gasteiger partial charge < -0.3 is 10.1 Å². The molecular formula is C14H18N2O3S2. The van der Waals surface area contributed by atoms with Crippen LogP contribution in [0.3, 0.4) is 0 Å². The SMILES string of the molecule is CNCc1csc(S(=O)(=O)NCCOc2ccccc2)c1. The molecule has 2 aromatic rings. The first kappa shape index (κ1) is 16.0. The van der Waals surface area contributed by atoms with E-state index < -0.39 is 10.0 Å². The van der Waals surface area contributed by atoms with Crippen LogP contribution in [0.1, 0.15) is 5.56 Å². The largest absolute Gasteiger partial charge is 0.492 e. The summed E-state index contributed by atoms with van der Waals surface area (Å²) in [7, 11) is -1.63. The predicted molar refractivity (Wildman–Crippen MR) is 84.2 cm³/mol. The highest BCUT2D eigenvalue weighted by atomic mass is 32.2. The number of hydrogen-bond donors (Lipinski definition) is 2. The summed E-state index contributed by atoms with van der Waals surface area (Å²) in [5, 5.41) is 4.83. The lowest BCUT2D eigenvalue weighted by atomic mass is 10.3. The van der Waals surface area contributed by atoms with Gasteiger partial charge in [0.05, 0.1) is 0 Å². The van der Waals surface area contributed by atoms with E-state index in [2.05, 4.69) is 10.0 Å². The topological polar surface area (TPSA) is 67.4 Å². The molecule has 0 saturated heterocycles. The standard InChI is InChI=1S/C14H18N2O3S2/c1-15-10-12-9-14(20-11-12)21(17,18)16-7-8-19-13-5-3-2-4-6-13/h2-6,9,11,15-16H,7-8,10H2,1H3. The van der Waals surface area contributed by atoms with E-state index in [0.717, 1.165) is 11.3 Å². The van der Waals surface area contributed by atoms with Gasteiger partial charge in [-0.15, -0.1) is 11.3 Å². The van der Waals surface area contributed by atoms with Crippen LogP contribution in [0.2, 0.25) is 0 Å². The zero-order chi connectivity index (χ0) is 15.1. The van der Waals surface area contributed by atoms with Crippen LogP contribution in [-0.2, 0) is 16.6 Å². The third kappa shape index (κ3) is 4.82. The Morgan fingerprint density at radius 2 is 2.00 bits per heavy atom. The van der Waals surface area contributed by atoms with Crippen molar-refractivity contribution in [2.75, 3.05) is 20.2 Å². The minimum Gasteiger partial charge on any atom is -0.492 e. The van der Waals surface area contributed by atoms with Crippen LogP contribution in [-0.4, -0.2) is 28.6 Å². The van der Waals surface area contributed by atoms with Crippen LogP contribution < -0.4 is 14.8 Å². The highest BCUT2D eigenvalue weighted by Crippen LogP contribution is 2.19. The van der Waals surface area contributed by atoms with Crippen LogP contribution in [0.4, 0.5) is 0 Å². The maximum Gasteiger partial charge on any atom is 0.250 e. The predicted octanol–water partition coefficient (Wildman–Crippen LogP) is 1.82. The molecule has 1 aromatic heterocycles. The molecule has 0 atom stereocenters. The van der Waals surface area contributed by atoms with Crippen LogP contribution in [0, 0.1) is 0 Å². The van der Waals surface area contributed by atoms with Crippen LogP contribution in [0.5, 0.6) is 5.75 Å².